The summed E-state index contributed by atoms with van der Waals surface area (Å²) in [4.78, 5) is 0. The highest BCUT2D eigenvalue weighted by atomic mass is 32.2. The molecular formula is C8H17NOS. The summed E-state index contributed by atoms with van der Waals surface area (Å²) in [7, 11) is 0. The molecule has 1 rings (SSSR count). The molecule has 0 spiro atoms. The molecule has 0 aromatic rings. The van der Waals surface area contributed by atoms with Crippen LogP contribution in [-0.4, -0.2) is 30.3 Å². The fourth-order valence-corrected chi connectivity index (χ4v) is 2.67. The monoisotopic (exact) mass is 175 g/mol. The van der Waals surface area contributed by atoms with Crippen LogP contribution in [0.25, 0.3) is 0 Å². The molecule has 0 aromatic heterocycles. The average Bonchev–Trinajstić information content (AvgIpc) is 2.50. The zero-order valence-electron chi connectivity index (χ0n) is 7.14. The van der Waals surface area contributed by atoms with E-state index in [2.05, 4.69) is 0 Å². The minimum atomic E-state index is 0.260. The molecule has 1 heterocycles. The van der Waals surface area contributed by atoms with Gasteiger partial charge in [0.1, 0.15) is 0 Å². The molecule has 1 saturated heterocycles. The van der Waals surface area contributed by atoms with E-state index in [1.54, 1.807) is 0 Å². The zero-order valence-corrected chi connectivity index (χ0v) is 7.95. The second-order valence-corrected chi connectivity index (χ2v) is 4.54. The van der Waals surface area contributed by atoms with Crippen LogP contribution in [0, 0.1) is 0 Å². The van der Waals surface area contributed by atoms with Crippen LogP contribution in [0.5, 0.6) is 0 Å². The fourth-order valence-electron chi connectivity index (χ4n) is 1.38. The lowest BCUT2D eigenvalue weighted by atomic mass is 10.1. The molecule has 2 N–H and O–H groups in total. The van der Waals surface area contributed by atoms with Gasteiger partial charge in [-0.05, 0) is 25.5 Å². The molecular weight excluding hydrogens is 158 g/mol. The summed E-state index contributed by atoms with van der Waals surface area (Å²) in [6.07, 6.45) is 2.53. The molecule has 1 aliphatic rings. The minimum Gasteiger partial charge on any atom is -0.380 e. The quantitative estimate of drug-likeness (QED) is 0.698. The van der Waals surface area contributed by atoms with Gasteiger partial charge in [0.05, 0.1) is 11.4 Å². The van der Waals surface area contributed by atoms with Crippen LogP contribution in [0.1, 0.15) is 19.8 Å². The lowest BCUT2D eigenvalue weighted by Crippen LogP contribution is -2.36. The van der Waals surface area contributed by atoms with Gasteiger partial charge in [-0.15, -0.1) is 0 Å². The fraction of sp³-hybridized carbons (Fsp3) is 1.00. The van der Waals surface area contributed by atoms with Crippen molar-refractivity contribution in [3.05, 3.63) is 0 Å². The van der Waals surface area contributed by atoms with Crippen molar-refractivity contribution in [2.24, 2.45) is 5.73 Å². The lowest BCUT2D eigenvalue weighted by Gasteiger charge is -2.25. The molecule has 3 heteroatoms. The maximum absolute atomic E-state index is 5.71. The van der Waals surface area contributed by atoms with E-state index in [-0.39, 0.29) is 4.75 Å². The molecule has 1 aliphatic heterocycles. The zero-order chi connectivity index (χ0) is 8.16. The van der Waals surface area contributed by atoms with Crippen LogP contribution >= 0.6 is 11.8 Å². The van der Waals surface area contributed by atoms with E-state index < -0.39 is 0 Å². The average molecular weight is 175 g/mol. The molecule has 0 aliphatic carbocycles. The largest absolute Gasteiger partial charge is 0.380 e. The molecule has 1 fully saturated rings. The van der Waals surface area contributed by atoms with Crippen molar-refractivity contribution < 1.29 is 4.74 Å². The Hall–Kier alpha value is 0.270. The Kier molecular flexibility index (Phi) is 3.69. The Bertz CT molecular complexity index is 113. The maximum Gasteiger partial charge on any atom is 0.0625 e. The second-order valence-electron chi connectivity index (χ2n) is 2.98. The van der Waals surface area contributed by atoms with E-state index in [0.717, 1.165) is 19.8 Å². The van der Waals surface area contributed by atoms with Crippen molar-refractivity contribution in [1.29, 1.82) is 0 Å². The first-order valence-corrected chi connectivity index (χ1v) is 5.23. The highest BCUT2D eigenvalue weighted by molar-refractivity contribution is 8.01. The molecule has 1 atom stereocenters. The summed E-state index contributed by atoms with van der Waals surface area (Å²) in [6, 6.07) is 0. The Morgan fingerprint density at radius 3 is 2.91 bits per heavy atom. The predicted octanol–water partition coefficient (Wildman–Crippen LogP) is 1.25. The number of ether oxygens (including phenoxy) is 1. The first kappa shape index (κ1) is 9.36. The summed E-state index contributed by atoms with van der Waals surface area (Å²) in [5, 5.41) is 0. The van der Waals surface area contributed by atoms with Gasteiger partial charge >= 0.3 is 0 Å². The van der Waals surface area contributed by atoms with Gasteiger partial charge in [0.15, 0.2) is 0 Å². The van der Waals surface area contributed by atoms with Crippen molar-refractivity contribution in [2.75, 3.05) is 25.5 Å². The van der Waals surface area contributed by atoms with E-state index in [9.17, 15) is 0 Å². The number of hydrogen-bond acceptors (Lipinski definition) is 3. The molecule has 0 bridgehead atoms. The molecule has 0 radical (unpaired) electrons. The van der Waals surface area contributed by atoms with Gasteiger partial charge in [0, 0.05) is 13.2 Å². The second kappa shape index (κ2) is 4.33. The molecule has 11 heavy (non-hydrogen) atoms. The van der Waals surface area contributed by atoms with E-state index in [0.29, 0.717) is 0 Å². The van der Waals surface area contributed by atoms with Crippen molar-refractivity contribution in [3.8, 4) is 0 Å². The third kappa shape index (κ3) is 2.36. The minimum absolute atomic E-state index is 0.260. The highest BCUT2D eigenvalue weighted by Gasteiger charge is 2.33. The SMILES string of the molecule is CCOCC1(CN)CCCS1. The standard InChI is InChI=1S/C8H17NOS/c1-2-10-7-8(6-9)4-3-5-11-8/h2-7,9H2,1H3. The Labute approximate surface area is 72.9 Å². The van der Waals surface area contributed by atoms with Gasteiger partial charge in [0.2, 0.25) is 0 Å². The van der Waals surface area contributed by atoms with Gasteiger partial charge in [-0.2, -0.15) is 11.8 Å². The first-order valence-electron chi connectivity index (χ1n) is 4.25. The maximum atomic E-state index is 5.71. The van der Waals surface area contributed by atoms with Gasteiger partial charge in [-0.25, -0.2) is 0 Å². The van der Waals surface area contributed by atoms with Crippen LogP contribution in [0.2, 0.25) is 0 Å². The lowest BCUT2D eigenvalue weighted by molar-refractivity contribution is 0.124. The van der Waals surface area contributed by atoms with Crippen molar-refractivity contribution in [1.82, 2.24) is 0 Å². The molecule has 0 amide bonds. The van der Waals surface area contributed by atoms with Crippen molar-refractivity contribution in [2.45, 2.75) is 24.5 Å². The van der Waals surface area contributed by atoms with Gasteiger partial charge in [0.25, 0.3) is 0 Å². The number of nitrogens with two attached hydrogens (primary N) is 1. The van der Waals surface area contributed by atoms with Gasteiger partial charge in [-0.3, -0.25) is 0 Å². The molecule has 0 saturated carbocycles. The summed E-state index contributed by atoms with van der Waals surface area (Å²) in [5.74, 6) is 1.25. The van der Waals surface area contributed by atoms with Crippen LogP contribution in [-0.2, 0) is 4.74 Å². The van der Waals surface area contributed by atoms with Crippen LogP contribution in [0.15, 0.2) is 0 Å². The van der Waals surface area contributed by atoms with Crippen LogP contribution < -0.4 is 5.73 Å². The van der Waals surface area contributed by atoms with E-state index in [1.807, 2.05) is 18.7 Å². The first-order chi connectivity index (χ1) is 5.33. The summed E-state index contributed by atoms with van der Waals surface area (Å²) in [5.41, 5.74) is 5.71. The molecule has 2 nitrogen and oxygen atoms in total. The highest BCUT2D eigenvalue weighted by Crippen LogP contribution is 2.37. The topological polar surface area (TPSA) is 35.2 Å². The predicted molar refractivity (Wildman–Crippen MR) is 50.0 cm³/mol. The van der Waals surface area contributed by atoms with Gasteiger partial charge < -0.3 is 10.5 Å². The Morgan fingerprint density at radius 2 is 2.45 bits per heavy atom. The Balaban J connectivity index is 2.33. The number of hydrogen-bond donors (Lipinski definition) is 1. The normalized spacial score (nSPS) is 31.1. The summed E-state index contributed by atoms with van der Waals surface area (Å²) in [6.45, 7) is 4.44. The Morgan fingerprint density at radius 1 is 1.64 bits per heavy atom. The van der Waals surface area contributed by atoms with E-state index in [1.165, 1.54) is 18.6 Å². The van der Waals surface area contributed by atoms with E-state index >= 15 is 0 Å². The van der Waals surface area contributed by atoms with Crippen LogP contribution in [0.4, 0.5) is 0 Å². The summed E-state index contributed by atoms with van der Waals surface area (Å²) >= 11 is 1.98. The molecule has 66 valence electrons. The van der Waals surface area contributed by atoms with Crippen LogP contribution in [0.3, 0.4) is 0 Å². The molecule has 1 unspecified atom stereocenters. The summed E-state index contributed by atoms with van der Waals surface area (Å²) < 4.78 is 5.67. The smallest absolute Gasteiger partial charge is 0.0625 e. The number of thioether (sulfide) groups is 1. The number of rotatable bonds is 4. The third-order valence-electron chi connectivity index (χ3n) is 2.13. The van der Waals surface area contributed by atoms with Gasteiger partial charge in [-0.1, -0.05) is 0 Å². The third-order valence-corrected chi connectivity index (χ3v) is 3.72. The molecule has 0 aromatic carbocycles. The van der Waals surface area contributed by atoms with E-state index in [4.69, 9.17) is 10.5 Å². The van der Waals surface area contributed by atoms with Crippen molar-refractivity contribution >= 4 is 11.8 Å². The van der Waals surface area contributed by atoms with Crippen molar-refractivity contribution in [3.63, 3.8) is 0 Å².